The van der Waals surface area contributed by atoms with Crippen molar-refractivity contribution in [1.82, 2.24) is 15.5 Å². The SMILES string of the molecule is CCNC(=NCC(=O)N1CCCC1)NCC1(c2cccc(C(F)(F)F)c2)CCC1.I. The van der Waals surface area contributed by atoms with Crippen LogP contribution < -0.4 is 10.6 Å². The number of benzene rings is 1. The Kier molecular flexibility index (Phi) is 8.81. The van der Waals surface area contributed by atoms with E-state index in [-0.39, 0.29) is 41.8 Å². The molecular formula is C21H30F3IN4O. The molecule has 0 unspecified atom stereocenters. The topological polar surface area (TPSA) is 56.7 Å². The van der Waals surface area contributed by atoms with Crippen LogP contribution in [0.3, 0.4) is 0 Å². The van der Waals surface area contributed by atoms with E-state index in [2.05, 4.69) is 15.6 Å². The number of hydrogen-bond acceptors (Lipinski definition) is 2. The molecular weight excluding hydrogens is 508 g/mol. The highest BCUT2D eigenvalue weighted by Gasteiger charge is 2.40. The van der Waals surface area contributed by atoms with Crippen LogP contribution in [0.1, 0.15) is 50.2 Å². The predicted molar refractivity (Wildman–Crippen MR) is 122 cm³/mol. The van der Waals surface area contributed by atoms with Gasteiger partial charge in [-0.3, -0.25) is 4.79 Å². The summed E-state index contributed by atoms with van der Waals surface area (Å²) in [6.07, 6.45) is 0.362. The van der Waals surface area contributed by atoms with Crippen molar-refractivity contribution in [2.24, 2.45) is 4.99 Å². The second kappa shape index (κ2) is 10.7. The van der Waals surface area contributed by atoms with Crippen LogP contribution in [0.4, 0.5) is 13.2 Å². The lowest BCUT2D eigenvalue weighted by atomic mass is 9.64. The summed E-state index contributed by atoms with van der Waals surface area (Å²) in [6, 6.07) is 5.63. The summed E-state index contributed by atoms with van der Waals surface area (Å²) in [5.74, 6) is 0.536. The molecule has 1 aliphatic heterocycles. The Bertz CT molecular complexity index is 744. The second-order valence-electron chi connectivity index (χ2n) is 7.85. The first kappa shape index (κ1) is 24.7. The van der Waals surface area contributed by atoms with Crippen molar-refractivity contribution >= 4 is 35.8 Å². The minimum atomic E-state index is -4.35. The average Bonchev–Trinajstić information content (AvgIpc) is 3.19. The van der Waals surface area contributed by atoms with Gasteiger partial charge in [-0.05, 0) is 44.2 Å². The number of carbonyl (C=O) groups excluding carboxylic acids is 1. The van der Waals surface area contributed by atoms with Crippen LogP contribution in [-0.4, -0.2) is 49.5 Å². The smallest absolute Gasteiger partial charge is 0.357 e. The van der Waals surface area contributed by atoms with E-state index in [1.165, 1.54) is 12.1 Å². The van der Waals surface area contributed by atoms with Gasteiger partial charge in [0.05, 0.1) is 5.56 Å². The Morgan fingerprint density at radius 1 is 1.17 bits per heavy atom. The molecule has 0 bridgehead atoms. The van der Waals surface area contributed by atoms with E-state index in [1.807, 2.05) is 11.8 Å². The largest absolute Gasteiger partial charge is 0.416 e. The molecule has 2 N–H and O–H groups in total. The fraction of sp³-hybridized carbons (Fsp3) is 0.619. The van der Waals surface area contributed by atoms with Crippen molar-refractivity contribution in [3.63, 3.8) is 0 Å². The van der Waals surface area contributed by atoms with Crippen LogP contribution in [-0.2, 0) is 16.4 Å². The van der Waals surface area contributed by atoms with Crippen molar-refractivity contribution in [1.29, 1.82) is 0 Å². The third kappa shape index (κ3) is 6.01. The Morgan fingerprint density at radius 3 is 2.43 bits per heavy atom. The Balaban J connectivity index is 0.00000320. The average molecular weight is 538 g/mol. The monoisotopic (exact) mass is 538 g/mol. The number of amides is 1. The first-order chi connectivity index (χ1) is 13.8. The van der Waals surface area contributed by atoms with Crippen LogP contribution in [0.5, 0.6) is 0 Å². The molecule has 1 saturated carbocycles. The van der Waals surface area contributed by atoms with Gasteiger partial charge in [-0.2, -0.15) is 13.2 Å². The summed E-state index contributed by atoms with van der Waals surface area (Å²) in [5, 5.41) is 6.38. The first-order valence-electron chi connectivity index (χ1n) is 10.3. The summed E-state index contributed by atoms with van der Waals surface area (Å²) in [6.45, 7) is 4.71. The van der Waals surface area contributed by atoms with Crippen LogP contribution in [0.2, 0.25) is 0 Å². The van der Waals surface area contributed by atoms with Crippen LogP contribution in [0, 0.1) is 0 Å². The molecule has 1 aromatic carbocycles. The van der Waals surface area contributed by atoms with Crippen molar-refractivity contribution in [3.05, 3.63) is 35.4 Å². The van der Waals surface area contributed by atoms with Gasteiger partial charge in [0.25, 0.3) is 0 Å². The molecule has 0 radical (unpaired) electrons. The molecule has 5 nitrogen and oxygen atoms in total. The van der Waals surface area contributed by atoms with E-state index in [0.717, 1.165) is 51.3 Å². The molecule has 9 heteroatoms. The summed E-state index contributed by atoms with van der Waals surface area (Å²) < 4.78 is 39.3. The number of rotatable bonds is 6. The lowest BCUT2D eigenvalue weighted by molar-refractivity contribution is -0.137. The Hall–Kier alpha value is -1.52. The van der Waals surface area contributed by atoms with E-state index in [9.17, 15) is 18.0 Å². The van der Waals surface area contributed by atoms with E-state index >= 15 is 0 Å². The number of nitrogens with one attached hydrogen (secondary N) is 2. The maximum Gasteiger partial charge on any atom is 0.416 e. The molecule has 2 fully saturated rings. The maximum atomic E-state index is 13.1. The molecule has 1 amide bonds. The lowest BCUT2D eigenvalue weighted by Gasteiger charge is -2.43. The Labute approximate surface area is 192 Å². The number of alkyl halides is 3. The molecule has 0 spiro atoms. The summed E-state index contributed by atoms with van der Waals surface area (Å²) in [4.78, 5) is 18.4. The van der Waals surface area contributed by atoms with Gasteiger partial charge in [-0.25, -0.2) is 4.99 Å². The highest BCUT2D eigenvalue weighted by Crippen LogP contribution is 2.44. The van der Waals surface area contributed by atoms with E-state index in [4.69, 9.17) is 0 Å². The van der Waals surface area contributed by atoms with Gasteiger partial charge in [-0.15, -0.1) is 24.0 Å². The van der Waals surface area contributed by atoms with Gasteiger partial charge in [0.1, 0.15) is 6.54 Å². The minimum Gasteiger partial charge on any atom is -0.357 e. The summed E-state index contributed by atoms with van der Waals surface area (Å²) >= 11 is 0. The van der Waals surface area contributed by atoms with Gasteiger partial charge in [0.15, 0.2) is 5.96 Å². The van der Waals surface area contributed by atoms with Crippen molar-refractivity contribution in [3.8, 4) is 0 Å². The molecule has 3 rings (SSSR count). The molecule has 2 aliphatic rings. The molecule has 1 saturated heterocycles. The zero-order chi connectivity index (χ0) is 20.9. The fourth-order valence-corrected chi connectivity index (χ4v) is 4.00. The van der Waals surface area contributed by atoms with Crippen molar-refractivity contribution < 1.29 is 18.0 Å². The van der Waals surface area contributed by atoms with Crippen LogP contribution >= 0.6 is 24.0 Å². The third-order valence-electron chi connectivity index (χ3n) is 5.88. The van der Waals surface area contributed by atoms with Gasteiger partial charge >= 0.3 is 6.18 Å². The number of hydrogen-bond donors (Lipinski definition) is 2. The van der Waals surface area contributed by atoms with Crippen molar-refractivity contribution in [2.75, 3.05) is 32.7 Å². The minimum absolute atomic E-state index is 0. The van der Waals surface area contributed by atoms with Crippen LogP contribution in [0.25, 0.3) is 0 Å². The van der Waals surface area contributed by atoms with E-state index in [0.29, 0.717) is 24.6 Å². The van der Waals surface area contributed by atoms with Crippen LogP contribution in [0.15, 0.2) is 29.3 Å². The van der Waals surface area contributed by atoms with Gasteiger partial charge in [-0.1, -0.05) is 24.6 Å². The quantitative estimate of drug-likeness (QED) is 0.328. The molecule has 0 aromatic heterocycles. The van der Waals surface area contributed by atoms with E-state index in [1.54, 1.807) is 6.07 Å². The molecule has 168 valence electrons. The highest BCUT2D eigenvalue weighted by molar-refractivity contribution is 14.0. The molecule has 1 heterocycles. The summed E-state index contributed by atoms with van der Waals surface area (Å²) in [5.41, 5.74) is -0.246. The zero-order valence-corrected chi connectivity index (χ0v) is 19.6. The van der Waals surface area contributed by atoms with Gasteiger partial charge in [0, 0.05) is 31.6 Å². The maximum absolute atomic E-state index is 13.1. The highest BCUT2D eigenvalue weighted by atomic mass is 127. The molecule has 1 aliphatic carbocycles. The molecule has 0 atom stereocenters. The standard InChI is InChI=1S/C21H29F3N4O.HI/c1-2-25-19(26-14-18(29)28-11-3-4-12-28)27-15-20(9-6-10-20)16-7-5-8-17(13-16)21(22,23)24;/h5,7-8,13H,2-4,6,9-12,14-15H2,1H3,(H2,25,26,27);1H. The molecule has 30 heavy (non-hydrogen) atoms. The predicted octanol–water partition coefficient (Wildman–Crippen LogP) is 3.92. The Morgan fingerprint density at radius 2 is 1.87 bits per heavy atom. The normalized spacial score (nSPS) is 18.4. The molecule has 1 aromatic rings. The summed E-state index contributed by atoms with van der Waals surface area (Å²) in [7, 11) is 0. The van der Waals surface area contributed by atoms with Gasteiger partial charge in [0.2, 0.25) is 5.91 Å². The van der Waals surface area contributed by atoms with Crippen molar-refractivity contribution in [2.45, 2.75) is 50.6 Å². The second-order valence-corrected chi connectivity index (χ2v) is 7.85. The number of nitrogens with zero attached hydrogens (tertiary/aromatic N) is 2. The fourth-order valence-electron chi connectivity index (χ4n) is 4.00. The number of likely N-dealkylation sites (tertiary alicyclic amines) is 1. The lowest BCUT2D eigenvalue weighted by Crippen LogP contribution is -2.49. The van der Waals surface area contributed by atoms with Gasteiger partial charge < -0.3 is 15.5 Å². The number of halogens is 4. The third-order valence-corrected chi connectivity index (χ3v) is 5.88. The number of carbonyl (C=O) groups is 1. The first-order valence-corrected chi connectivity index (χ1v) is 10.3. The number of guanidine groups is 1. The zero-order valence-electron chi connectivity index (χ0n) is 17.2. The van der Waals surface area contributed by atoms with E-state index < -0.39 is 11.7 Å². The number of aliphatic imine (C=N–C) groups is 1.